The van der Waals surface area contributed by atoms with E-state index in [9.17, 15) is 8.78 Å². The minimum atomic E-state index is -2.78. The summed E-state index contributed by atoms with van der Waals surface area (Å²) in [6.45, 7) is -2.78. The van der Waals surface area contributed by atoms with Crippen molar-refractivity contribution in [3.63, 3.8) is 0 Å². The van der Waals surface area contributed by atoms with Crippen LogP contribution in [0.2, 0.25) is 0 Å². The Kier molecular flexibility index (Phi) is 3.36. The number of benzene rings is 1. The Bertz CT molecular complexity index is 515. The average molecular weight is 262 g/mol. The Morgan fingerprint density at radius 1 is 1.16 bits per heavy atom. The second kappa shape index (κ2) is 5.16. The Balaban J connectivity index is 1.95. The van der Waals surface area contributed by atoms with E-state index in [1.54, 1.807) is 12.1 Å². The van der Waals surface area contributed by atoms with Gasteiger partial charge in [0, 0.05) is 5.56 Å². The van der Waals surface area contributed by atoms with Crippen molar-refractivity contribution in [1.82, 2.24) is 0 Å². The fourth-order valence-electron chi connectivity index (χ4n) is 2.79. The van der Waals surface area contributed by atoms with E-state index >= 15 is 0 Å². The molecule has 1 fully saturated rings. The Hall–Kier alpha value is -1.64. The zero-order chi connectivity index (χ0) is 13.2. The minimum absolute atomic E-state index is 0.282. The van der Waals surface area contributed by atoms with E-state index in [1.807, 2.05) is 24.3 Å². The van der Waals surface area contributed by atoms with E-state index in [0.717, 1.165) is 17.6 Å². The molecule has 0 radical (unpaired) electrons. The molecule has 1 aromatic rings. The summed E-state index contributed by atoms with van der Waals surface area (Å²) in [5, 5.41) is 0. The van der Waals surface area contributed by atoms with E-state index in [2.05, 4.69) is 10.8 Å². The number of alkyl halides is 2. The minimum Gasteiger partial charge on any atom is -0.434 e. The summed E-state index contributed by atoms with van der Waals surface area (Å²) in [4.78, 5) is 0. The van der Waals surface area contributed by atoms with E-state index < -0.39 is 6.61 Å². The van der Waals surface area contributed by atoms with E-state index in [1.165, 1.54) is 12.8 Å². The molecular formula is C16H16F2O. The van der Waals surface area contributed by atoms with Gasteiger partial charge in [-0.05, 0) is 42.7 Å². The largest absolute Gasteiger partial charge is 0.434 e. The molecule has 1 unspecified atom stereocenters. The highest BCUT2D eigenvalue weighted by Gasteiger charge is 2.34. The molecule has 0 spiro atoms. The smallest absolute Gasteiger partial charge is 0.387 e. The third kappa shape index (κ3) is 2.70. The van der Waals surface area contributed by atoms with E-state index in [-0.39, 0.29) is 5.75 Å². The second-order valence-corrected chi connectivity index (χ2v) is 5.10. The van der Waals surface area contributed by atoms with Crippen LogP contribution in [0.15, 0.2) is 42.5 Å². The lowest BCUT2D eigenvalue weighted by Gasteiger charge is -2.23. The van der Waals surface area contributed by atoms with Crippen LogP contribution in [0.25, 0.3) is 5.57 Å². The van der Waals surface area contributed by atoms with Crippen LogP contribution in [0, 0.1) is 11.8 Å². The predicted molar refractivity (Wildman–Crippen MR) is 71.0 cm³/mol. The summed E-state index contributed by atoms with van der Waals surface area (Å²) in [7, 11) is 0. The van der Waals surface area contributed by atoms with Gasteiger partial charge in [0.1, 0.15) is 5.75 Å². The fraction of sp³-hybridized carbons (Fsp3) is 0.375. The van der Waals surface area contributed by atoms with Gasteiger partial charge in [-0.25, -0.2) is 0 Å². The lowest BCUT2D eigenvalue weighted by atomic mass is 9.83. The summed E-state index contributed by atoms with van der Waals surface area (Å²) < 4.78 is 29.6. The van der Waals surface area contributed by atoms with Gasteiger partial charge in [0.05, 0.1) is 0 Å². The fourth-order valence-corrected chi connectivity index (χ4v) is 2.79. The molecule has 0 bridgehead atoms. The number of hydrogen-bond donors (Lipinski definition) is 0. The zero-order valence-corrected chi connectivity index (χ0v) is 10.6. The molecule has 2 aliphatic rings. The molecule has 100 valence electrons. The number of ether oxygens (including phenoxy) is 1. The zero-order valence-electron chi connectivity index (χ0n) is 10.6. The molecule has 0 aliphatic heterocycles. The third-order valence-electron chi connectivity index (χ3n) is 3.81. The van der Waals surface area contributed by atoms with Gasteiger partial charge in [0.2, 0.25) is 0 Å². The molecule has 19 heavy (non-hydrogen) atoms. The summed E-state index contributed by atoms with van der Waals surface area (Å²) in [6.07, 6.45) is 9.69. The monoisotopic (exact) mass is 262 g/mol. The molecule has 1 atom stereocenters. The van der Waals surface area contributed by atoms with Crippen LogP contribution in [0.5, 0.6) is 5.75 Å². The van der Waals surface area contributed by atoms with Crippen LogP contribution >= 0.6 is 0 Å². The van der Waals surface area contributed by atoms with Gasteiger partial charge in [-0.1, -0.05) is 36.4 Å². The molecule has 0 aromatic heterocycles. The third-order valence-corrected chi connectivity index (χ3v) is 3.81. The lowest BCUT2D eigenvalue weighted by Crippen LogP contribution is -2.10. The molecule has 1 aromatic carbocycles. The van der Waals surface area contributed by atoms with Crippen molar-refractivity contribution in [1.29, 1.82) is 0 Å². The van der Waals surface area contributed by atoms with Crippen molar-refractivity contribution >= 4 is 5.57 Å². The number of hydrogen-bond acceptors (Lipinski definition) is 1. The number of rotatable bonds is 4. The number of halogens is 2. The molecule has 0 amide bonds. The molecule has 3 rings (SSSR count). The molecule has 3 heteroatoms. The number of allylic oxidation sites excluding steroid dienone is 4. The summed E-state index contributed by atoms with van der Waals surface area (Å²) in [5.41, 5.74) is 1.95. The van der Waals surface area contributed by atoms with Gasteiger partial charge < -0.3 is 4.74 Å². The SMILES string of the molecule is FC(F)Oc1ccccc1C1=CC=CCC1C1CC1. The van der Waals surface area contributed by atoms with Gasteiger partial charge in [-0.15, -0.1) is 0 Å². The molecule has 1 nitrogen and oxygen atoms in total. The van der Waals surface area contributed by atoms with Crippen LogP contribution < -0.4 is 4.74 Å². The lowest BCUT2D eigenvalue weighted by molar-refractivity contribution is -0.0500. The van der Waals surface area contributed by atoms with Gasteiger partial charge in [-0.3, -0.25) is 0 Å². The van der Waals surface area contributed by atoms with Crippen molar-refractivity contribution in [3.05, 3.63) is 48.1 Å². The standard InChI is InChI=1S/C16H16F2O/c17-16(18)19-15-8-4-3-7-14(15)13-6-2-1-5-12(13)11-9-10-11/h1-4,6-8,11-12,16H,5,9-10H2. The van der Waals surface area contributed by atoms with E-state index in [0.29, 0.717) is 11.8 Å². The average Bonchev–Trinajstić information content (AvgIpc) is 3.23. The molecule has 1 saturated carbocycles. The quantitative estimate of drug-likeness (QED) is 0.767. The van der Waals surface area contributed by atoms with Crippen molar-refractivity contribution in [2.45, 2.75) is 25.9 Å². The van der Waals surface area contributed by atoms with Crippen molar-refractivity contribution in [3.8, 4) is 5.75 Å². The maximum absolute atomic E-state index is 12.5. The first-order valence-corrected chi connectivity index (χ1v) is 6.66. The van der Waals surface area contributed by atoms with Gasteiger partial charge in [0.15, 0.2) is 0 Å². The summed E-state index contributed by atoms with van der Waals surface area (Å²) in [5.74, 6) is 1.44. The highest BCUT2D eigenvalue weighted by atomic mass is 19.3. The molecular weight excluding hydrogens is 246 g/mol. The van der Waals surface area contributed by atoms with Crippen molar-refractivity contribution < 1.29 is 13.5 Å². The molecule has 0 N–H and O–H groups in total. The summed E-state index contributed by atoms with van der Waals surface area (Å²) >= 11 is 0. The Morgan fingerprint density at radius 2 is 1.95 bits per heavy atom. The summed E-state index contributed by atoms with van der Waals surface area (Å²) in [6, 6.07) is 7.09. The highest BCUT2D eigenvalue weighted by Crippen LogP contribution is 2.48. The topological polar surface area (TPSA) is 9.23 Å². The Morgan fingerprint density at radius 3 is 2.68 bits per heavy atom. The predicted octanol–water partition coefficient (Wildman–Crippen LogP) is 4.66. The Labute approximate surface area is 111 Å². The van der Waals surface area contributed by atoms with Crippen LogP contribution in [0.4, 0.5) is 8.78 Å². The van der Waals surface area contributed by atoms with Gasteiger partial charge in [-0.2, -0.15) is 8.78 Å². The molecule has 0 heterocycles. The van der Waals surface area contributed by atoms with Gasteiger partial charge >= 0.3 is 6.61 Å². The maximum atomic E-state index is 12.5. The van der Waals surface area contributed by atoms with Crippen molar-refractivity contribution in [2.75, 3.05) is 0 Å². The van der Waals surface area contributed by atoms with Crippen LogP contribution in [0.3, 0.4) is 0 Å². The molecule has 0 saturated heterocycles. The van der Waals surface area contributed by atoms with Crippen molar-refractivity contribution in [2.24, 2.45) is 11.8 Å². The van der Waals surface area contributed by atoms with Crippen LogP contribution in [-0.2, 0) is 0 Å². The first kappa shape index (κ1) is 12.4. The highest BCUT2D eigenvalue weighted by molar-refractivity contribution is 5.74. The normalized spacial score (nSPS) is 22.5. The first-order valence-electron chi connectivity index (χ1n) is 6.66. The van der Waals surface area contributed by atoms with Crippen LogP contribution in [-0.4, -0.2) is 6.61 Å². The maximum Gasteiger partial charge on any atom is 0.387 e. The molecule has 2 aliphatic carbocycles. The first-order chi connectivity index (χ1) is 9.25. The van der Waals surface area contributed by atoms with E-state index in [4.69, 9.17) is 0 Å². The van der Waals surface area contributed by atoms with Gasteiger partial charge in [0.25, 0.3) is 0 Å². The van der Waals surface area contributed by atoms with Crippen LogP contribution in [0.1, 0.15) is 24.8 Å². The second-order valence-electron chi connectivity index (χ2n) is 5.10. The number of para-hydroxylation sites is 1.